The fourth-order valence-electron chi connectivity index (χ4n) is 1.97. The third-order valence-corrected chi connectivity index (χ3v) is 3.61. The summed E-state index contributed by atoms with van der Waals surface area (Å²) in [5, 5.41) is 11.3. The minimum Gasteiger partial charge on any atom is -0.504 e. The van der Waals surface area contributed by atoms with E-state index in [1.807, 2.05) is 36.4 Å². The Labute approximate surface area is 131 Å². The monoisotopic (exact) mass is 316 g/mol. The molecule has 3 aromatic rings. The number of phenols is 1. The zero-order chi connectivity index (χ0) is 14.8. The normalized spacial score (nSPS) is 11.3. The highest BCUT2D eigenvalue weighted by atomic mass is 35.5. The lowest BCUT2D eigenvalue weighted by Gasteiger charge is -2.05. The fraction of sp³-hybridized carbons (Fsp3) is 0. The van der Waals surface area contributed by atoms with Gasteiger partial charge < -0.3 is 5.11 Å². The Morgan fingerprint density at radius 3 is 2.67 bits per heavy atom. The van der Waals surface area contributed by atoms with Gasteiger partial charge in [0.15, 0.2) is 5.75 Å². The van der Waals surface area contributed by atoms with Gasteiger partial charge in [-0.3, -0.25) is 4.98 Å². The van der Waals surface area contributed by atoms with E-state index >= 15 is 0 Å². The van der Waals surface area contributed by atoms with Crippen LogP contribution in [0.5, 0.6) is 5.75 Å². The predicted octanol–water partition coefficient (Wildman–Crippen LogP) is 4.81. The molecule has 0 amide bonds. The Kier molecular flexibility index (Phi) is 3.78. The topological polar surface area (TPSA) is 46.0 Å². The molecule has 2 aromatic heterocycles. The second kappa shape index (κ2) is 5.72. The zero-order valence-electron chi connectivity index (χ0n) is 10.8. The van der Waals surface area contributed by atoms with E-state index in [-0.39, 0.29) is 10.8 Å². The lowest BCUT2D eigenvalue weighted by molar-refractivity contribution is 0.480. The molecule has 21 heavy (non-hydrogen) atoms. The lowest BCUT2D eigenvalue weighted by Crippen LogP contribution is -1.86. The van der Waals surface area contributed by atoms with Crippen molar-refractivity contribution in [2.45, 2.75) is 0 Å². The maximum atomic E-state index is 10.0. The Balaban J connectivity index is 2.05. The van der Waals surface area contributed by atoms with Gasteiger partial charge in [0, 0.05) is 17.8 Å². The first-order valence-corrected chi connectivity index (χ1v) is 6.96. The van der Waals surface area contributed by atoms with Crippen LogP contribution in [-0.2, 0) is 0 Å². The molecule has 3 rings (SSSR count). The summed E-state index contributed by atoms with van der Waals surface area (Å²) in [7, 11) is 0. The Morgan fingerprint density at radius 1 is 1.05 bits per heavy atom. The number of aromatic nitrogens is 2. The number of phenolic OH excluding ortho intramolecular Hbond substituents is 1. The second-order valence-corrected chi connectivity index (χ2v) is 5.26. The number of fused-ring (bicyclic) bond motifs is 1. The van der Waals surface area contributed by atoms with Gasteiger partial charge in [0.25, 0.3) is 0 Å². The van der Waals surface area contributed by atoms with Gasteiger partial charge in [-0.2, -0.15) is 0 Å². The van der Waals surface area contributed by atoms with E-state index in [1.165, 1.54) is 6.07 Å². The number of aromatic hydroxyl groups is 1. The van der Waals surface area contributed by atoms with Crippen molar-refractivity contribution < 1.29 is 5.11 Å². The summed E-state index contributed by atoms with van der Waals surface area (Å²) in [6.45, 7) is 0. The van der Waals surface area contributed by atoms with Crippen LogP contribution in [0.2, 0.25) is 10.0 Å². The smallest absolute Gasteiger partial charge is 0.160 e. The molecule has 5 heteroatoms. The maximum absolute atomic E-state index is 10.0. The van der Waals surface area contributed by atoms with Crippen molar-refractivity contribution in [2.24, 2.45) is 0 Å². The van der Waals surface area contributed by atoms with E-state index in [2.05, 4.69) is 9.97 Å². The number of pyridine rings is 2. The Bertz CT molecular complexity index is 833. The largest absolute Gasteiger partial charge is 0.504 e. The summed E-state index contributed by atoms with van der Waals surface area (Å²) >= 11 is 12.0. The quantitative estimate of drug-likeness (QED) is 0.737. The molecule has 1 N–H and O–H groups in total. The van der Waals surface area contributed by atoms with Gasteiger partial charge >= 0.3 is 0 Å². The van der Waals surface area contributed by atoms with Crippen molar-refractivity contribution in [3.05, 3.63) is 64.0 Å². The van der Waals surface area contributed by atoms with Crippen LogP contribution in [0.3, 0.4) is 0 Å². The number of benzene rings is 1. The molecule has 2 heterocycles. The van der Waals surface area contributed by atoms with Gasteiger partial charge in [-0.1, -0.05) is 35.3 Å². The summed E-state index contributed by atoms with van der Waals surface area (Å²) in [4.78, 5) is 8.42. The highest BCUT2D eigenvalue weighted by molar-refractivity contribution is 6.39. The highest BCUT2D eigenvalue weighted by Crippen LogP contribution is 2.36. The third-order valence-electron chi connectivity index (χ3n) is 3.01. The maximum Gasteiger partial charge on any atom is 0.160 e. The van der Waals surface area contributed by atoms with Crippen LogP contribution in [-0.4, -0.2) is 15.1 Å². The van der Waals surface area contributed by atoms with E-state index in [0.29, 0.717) is 21.6 Å². The van der Waals surface area contributed by atoms with Gasteiger partial charge in [-0.05, 0) is 35.9 Å². The molecular weight excluding hydrogens is 307 g/mol. The third kappa shape index (κ3) is 2.84. The molecule has 1 aromatic carbocycles. The van der Waals surface area contributed by atoms with E-state index in [4.69, 9.17) is 23.2 Å². The average Bonchev–Trinajstić information content (AvgIpc) is 2.51. The van der Waals surface area contributed by atoms with Crippen molar-refractivity contribution in [3.63, 3.8) is 0 Å². The van der Waals surface area contributed by atoms with E-state index in [9.17, 15) is 5.11 Å². The molecule has 0 aliphatic heterocycles. The number of nitrogens with zero attached hydrogens (tertiary/aromatic N) is 2. The van der Waals surface area contributed by atoms with Crippen molar-refractivity contribution in [1.29, 1.82) is 0 Å². The first-order valence-electron chi connectivity index (χ1n) is 6.21. The van der Waals surface area contributed by atoms with Crippen LogP contribution in [0, 0.1) is 0 Å². The van der Waals surface area contributed by atoms with Crippen LogP contribution in [0.25, 0.3) is 23.1 Å². The molecule has 0 aliphatic carbocycles. The van der Waals surface area contributed by atoms with E-state index in [1.54, 1.807) is 12.4 Å². The van der Waals surface area contributed by atoms with Crippen molar-refractivity contribution in [2.75, 3.05) is 0 Å². The fourth-order valence-corrected chi connectivity index (χ4v) is 2.48. The molecule has 0 fully saturated rings. The van der Waals surface area contributed by atoms with Crippen molar-refractivity contribution in [1.82, 2.24) is 9.97 Å². The van der Waals surface area contributed by atoms with Crippen molar-refractivity contribution in [3.8, 4) is 5.75 Å². The number of hydrogen-bond donors (Lipinski definition) is 1. The number of hydrogen-bond acceptors (Lipinski definition) is 3. The molecule has 0 saturated heterocycles. The summed E-state index contributed by atoms with van der Waals surface area (Å²) in [6.07, 6.45) is 7.20. The molecule has 0 unspecified atom stereocenters. The highest BCUT2D eigenvalue weighted by Gasteiger charge is 2.10. The van der Waals surface area contributed by atoms with Gasteiger partial charge in [-0.25, -0.2) is 4.98 Å². The summed E-state index contributed by atoms with van der Waals surface area (Å²) < 4.78 is 0. The number of halogens is 2. The molecule has 0 atom stereocenters. The van der Waals surface area contributed by atoms with Crippen LogP contribution in [0.1, 0.15) is 11.3 Å². The molecule has 0 aliphatic rings. The van der Waals surface area contributed by atoms with Gasteiger partial charge in [0.05, 0.1) is 15.7 Å². The Morgan fingerprint density at radius 2 is 1.90 bits per heavy atom. The predicted molar refractivity (Wildman–Crippen MR) is 86.6 cm³/mol. The van der Waals surface area contributed by atoms with Crippen LogP contribution >= 0.6 is 23.2 Å². The molecule has 3 nitrogen and oxygen atoms in total. The average molecular weight is 317 g/mol. The number of rotatable bonds is 2. The summed E-state index contributed by atoms with van der Waals surface area (Å²) in [5.74, 6) is -0.0623. The Hall–Kier alpha value is -2.10. The SMILES string of the molecule is Oc1c(Cl)cc(Cl)c2ccc(/C=C\c3cccnc3)nc12. The van der Waals surface area contributed by atoms with Gasteiger partial charge in [0.1, 0.15) is 5.52 Å². The van der Waals surface area contributed by atoms with Gasteiger partial charge in [-0.15, -0.1) is 0 Å². The van der Waals surface area contributed by atoms with Crippen molar-refractivity contribution >= 4 is 46.3 Å². The zero-order valence-corrected chi connectivity index (χ0v) is 12.3. The molecule has 0 spiro atoms. The first kappa shape index (κ1) is 13.9. The minimum absolute atomic E-state index is 0.0623. The van der Waals surface area contributed by atoms with Crippen LogP contribution in [0.15, 0.2) is 42.7 Å². The standard InChI is InChI=1S/C16H10Cl2N2O/c17-13-8-14(18)16(21)15-12(13)6-5-11(20-15)4-3-10-2-1-7-19-9-10/h1-9,21H/b4-3-. The molecule has 0 bridgehead atoms. The minimum atomic E-state index is -0.0623. The van der Waals surface area contributed by atoms with E-state index in [0.717, 1.165) is 5.56 Å². The molecule has 0 radical (unpaired) electrons. The molecular formula is C16H10Cl2N2O. The lowest BCUT2D eigenvalue weighted by atomic mass is 10.1. The van der Waals surface area contributed by atoms with Crippen LogP contribution in [0.4, 0.5) is 0 Å². The first-order chi connectivity index (χ1) is 10.1. The second-order valence-electron chi connectivity index (χ2n) is 4.44. The van der Waals surface area contributed by atoms with Crippen LogP contribution < -0.4 is 0 Å². The molecule has 104 valence electrons. The summed E-state index contributed by atoms with van der Waals surface area (Å²) in [5.41, 5.74) is 2.05. The molecule has 0 saturated carbocycles. The van der Waals surface area contributed by atoms with Gasteiger partial charge in [0.2, 0.25) is 0 Å². The van der Waals surface area contributed by atoms with E-state index < -0.39 is 0 Å². The summed E-state index contributed by atoms with van der Waals surface area (Å²) in [6, 6.07) is 8.94.